The third kappa shape index (κ3) is 3.37. The van der Waals surface area contributed by atoms with Gasteiger partial charge in [0.1, 0.15) is 23.6 Å². The zero-order valence-corrected chi connectivity index (χ0v) is 14.5. The SMILES string of the molecule is Cc1nc(N2CCN(C(=O)[C@H]3CCCO3)CC2)cc(-n2cccc2)n1. The lowest BCUT2D eigenvalue weighted by Crippen LogP contribution is -2.51. The number of rotatable bonds is 3. The average Bonchev–Trinajstić information content (AvgIpc) is 3.34. The lowest BCUT2D eigenvalue weighted by Gasteiger charge is -2.36. The van der Waals surface area contributed by atoms with Crippen LogP contribution in [0, 0.1) is 6.92 Å². The van der Waals surface area contributed by atoms with Gasteiger partial charge in [0.25, 0.3) is 5.91 Å². The predicted molar refractivity (Wildman–Crippen MR) is 93.9 cm³/mol. The number of carbonyl (C=O) groups is 1. The fourth-order valence-electron chi connectivity index (χ4n) is 3.45. The zero-order valence-electron chi connectivity index (χ0n) is 14.5. The van der Waals surface area contributed by atoms with Gasteiger partial charge in [-0.25, -0.2) is 9.97 Å². The Labute approximate surface area is 147 Å². The van der Waals surface area contributed by atoms with Crippen LogP contribution < -0.4 is 4.90 Å². The van der Waals surface area contributed by atoms with Crippen LogP contribution in [0.3, 0.4) is 0 Å². The van der Waals surface area contributed by atoms with E-state index in [1.165, 1.54) is 0 Å². The Morgan fingerprint density at radius 2 is 1.84 bits per heavy atom. The van der Waals surface area contributed by atoms with Crippen LogP contribution in [0.5, 0.6) is 0 Å². The standard InChI is InChI=1S/C18H23N5O2/c1-14-19-16(21-6-2-3-7-21)13-17(20-14)22-8-10-23(11-9-22)18(24)15-5-4-12-25-15/h2-3,6-7,13,15H,4-5,8-12H2,1H3/t15-/m1/s1. The molecule has 1 amide bonds. The van der Waals surface area contributed by atoms with E-state index < -0.39 is 0 Å². The molecule has 132 valence electrons. The van der Waals surface area contributed by atoms with Crippen molar-refractivity contribution in [3.63, 3.8) is 0 Å². The molecule has 2 fully saturated rings. The van der Waals surface area contributed by atoms with E-state index in [-0.39, 0.29) is 12.0 Å². The summed E-state index contributed by atoms with van der Waals surface area (Å²) in [6, 6.07) is 5.96. The van der Waals surface area contributed by atoms with Crippen LogP contribution in [0.15, 0.2) is 30.6 Å². The van der Waals surface area contributed by atoms with Gasteiger partial charge in [0.2, 0.25) is 0 Å². The van der Waals surface area contributed by atoms with Crippen molar-refractivity contribution >= 4 is 11.7 Å². The van der Waals surface area contributed by atoms with Gasteiger partial charge in [-0.1, -0.05) is 0 Å². The second-order valence-corrected chi connectivity index (χ2v) is 6.54. The number of hydrogen-bond acceptors (Lipinski definition) is 5. The monoisotopic (exact) mass is 341 g/mol. The minimum Gasteiger partial charge on any atom is -0.368 e. The molecule has 4 rings (SSSR count). The van der Waals surface area contributed by atoms with Crippen molar-refractivity contribution < 1.29 is 9.53 Å². The third-order valence-electron chi connectivity index (χ3n) is 4.80. The van der Waals surface area contributed by atoms with Gasteiger partial charge in [0.15, 0.2) is 0 Å². The van der Waals surface area contributed by atoms with Crippen LogP contribution in [-0.2, 0) is 9.53 Å². The molecular weight excluding hydrogens is 318 g/mol. The first-order valence-electron chi connectivity index (χ1n) is 8.85. The van der Waals surface area contributed by atoms with Crippen LogP contribution in [0.25, 0.3) is 5.82 Å². The molecular formula is C18H23N5O2. The van der Waals surface area contributed by atoms with Crippen LogP contribution >= 0.6 is 0 Å². The van der Waals surface area contributed by atoms with Crippen molar-refractivity contribution in [1.29, 1.82) is 0 Å². The Balaban J connectivity index is 1.45. The van der Waals surface area contributed by atoms with Crippen LogP contribution in [0.2, 0.25) is 0 Å². The van der Waals surface area contributed by atoms with Crippen molar-refractivity contribution in [2.24, 2.45) is 0 Å². The summed E-state index contributed by atoms with van der Waals surface area (Å²) in [5, 5.41) is 0. The quantitative estimate of drug-likeness (QED) is 0.844. The van der Waals surface area contributed by atoms with Crippen LogP contribution in [0.1, 0.15) is 18.7 Å². The normalized spacial score (nSPS) is 20.9. The van der Waals surface area contributed by atoms with Gasteiger partial charge >= 0.3 is 0 Å². The lowest BCUT2D eigenvalue weighted by atomic mass is 10.2. The number of aromatic nitrogens is 3. The fraction of sp³-hybridized carbons (Fsp3) is 0.500. The number of piperazine rings is 1. The third-order valence-corrected chi connectivity index (χ3v) is 4.80. The summed E-state index contributed by atoms with van der Waals surface area (Å²) in [6.45, 7) is 5.59. The van der Waals surface area contributed by atoms with E-state index in [2.05, 4.69) is 14.9 Å². The molecule has 0 saturated carbocycles. The highest BCUT2D eigenvalue weighted by molar-refractivity contribution is 5.81. The first kappa shape index (κ1) is 16.1. The van der Waals surface area contributed by atoms with Crippen molar-refractivity contribution in [3.8, 4) is 5.82 Å². The van der Waals surface area contributed by atoms with E-state index in [9.17, 15) is 4.79 Å². The van der Waals surface area contributed by atoms with Crippen molar-refractivity contribution in [2.75, 3.05) is 37.7 Å². The maximum atomic E-state index is 12.5. The van der Waals surface area contributed by atoms with E-state index in [0.29, 0.717) is 19.7 Å². The molecule has 2 saturated heterocycles. The number of anilines is 1. The van der Waals surface area contributed by atoms with E-state index in [1.807, 2.05) is 47.0 Å². The molecule has 1 atom stereocenters. The predicted octanol–water partition coefficient (Wildman–Crippen LogP) is 1.40. The Bertz CT molecular complexity index is 732. The highest BCUT2D eigenvalue weighted by Crippen LogP contribution is 2.20. The largest absolute Gasteiger partial charge is 0.368 e. The van der Waals surface area contributed by atoms with E-state index >= 15 is 0 Å². The molecule has 2 aromatic rings. The van der Waals surface area contributed by atoms with Crippen molar-refractivity contribution in [1.82, 2.24) is 19.4 Å². The van der Waals surface area contributed by atoms with Gasteiger partial charge in [0.05, 0.1) is 0 Å². The lowest BCUT2D eigenvalue weighted by molar-refractivity contribution is -0.141. The summed E-state index contributed by atoms with van der Waals surface area (Å²) < 4.78 is 7.51. The summed E-state index contributed by atoms with van der Waals surface area (Å²) in [5.41, 5.74) is 0. The topological polar surface area (TPSA) is 63.5 Å². The van der Waals surface area contributed by atoms with Crippen LogP contribution in [-0.4, -0.2) is 64.2 Å². The van der Waals surface area contributed by atoms with E-state index in [1.54, 1.807) is 0 Å². The highest BCUT2D eigenvalue weighted by atomic mass is 16.5. The minimum absolute atomic E-state index is 0.143. The Kier molecular flexibility index (Phi) is 4.40. The number of amides is 1. The minimum atomic E-state index is -0.229. The Morgan fingerprint density at radius 3 is 2.52 bits per heavy atom. The number of aryl methyl sites for hydroxylation is 1. The van der Waals surface area contributed by atoms with E-state index in [4.69, 9.17) is 4.74 Å². The van der Waals surface area contributed by atoms with Gasteiger partial charge in [-0.3, -0.25) is 4.79 Å². The van der Waals surface area contributed by atoms with Gasteiger partial charge < -0.3 is 19.1 Å². The molecule has 0 radical (unpaired) electrons. The molecule has 0 unspecified atom stereocenters. The van der Waals surface area contributed by atoms with Crippen molar-refractivity contribution in [2.45, 2.75) is 25.9 Å². The van der Waals surface area contributed by atoms with E-state index in [0.717, 1.165) is 43.4 Å². The highest BCUT2D eigenvalue weighted by Gasteiger charge is 2.30. The molecule has 2 aliphatic heterocycles. The Hall–Kier alpha value is -2.41. The van der Waals surface area contributed by atoms with Crippen molar-refractivity contribution in [3.05, 3.63) is 36.4 Å². The second-order valence-electron chi connectivity index (χ2n) is 6.54. The smallest absolute Gasteiger partial charge is 0.251 e. The van der Waals surface area contributed by atoms with Gasteiger partial charge in [-0.2, -0.15) is 0 Å². The summed E-state index contributed by atoms with van der Waals surface area (Å²) in [6.07, 6.45) is 5.56. The van der Waals surface area contributed by atoms with Gasteiger partial charge in [-0.05, 0) is 31.9 Å². The molecule has 4 heterocycles. The molecule has 0 spiro atoms. The fourth-order valence-corrected chi connectivity index (χ4v) is 3.45. The molecule has 7 nitrogen and oxygen atoms in total. The Morgan fingerprint density at radius 1 is 1.12 bits per heavy atom. The maximum absolute atomic E-state index is 12.5. The average molecular weight is 341 g/mol. The molecule has 25 heavy (non-hydrogen) atoms. The molecule has 0 aromatic carbocycles. The van der Waals surface area contributed by atoms with Crippen LogP contribution in [0.4, 0.5) is 5.82 Å². The first-order valence-corrected chi connectivity index (χ1v) is 8.85. The number of nitrogens with zero attached hydrogens (tertiary/aromatic N) is 5. The molecule has 2 aromatic heterocycles. The molecule has 0 N–H and O–H groups in total. The maximum Gasteiger partial charge on any atom is 0.251 e. The molecule has 2 aliphatic rings. The number of carbonyl (C=O) groups excluding carboxylic acids is 1. The summed E-state index contributed by atoms with van der Waals surface area (Å²) in [7, 11) is 0. The summed E-state index contributed by atoms with van der Waals surface area (Å²) in [5.74, 6) is 2.67. The second kappa shape index (κ2) is 6.84. The summed E-state index contributed by atoms with van der Waals surface area (Å²) >= 11 is 0. The number of ether oxygens (including phenoxy) is 1. The first-order chi connectivity index (χ1) is 12.2. The molecule has 0 aliphatic carbocycles. The van der Waals surface area contributed by atoms with Gasteiger partial charge in [0, 0.05) is 51.2 Å². The van der Waals surface area contributed by atoms with Gasteiger partial charge in [-0.15, -0.1) is 0 Å². The number of hydrogen-bond donors (Lipinski definition) is 0. The molecule has 0 bridgehead atoms. The summed E-state index contributed by atoms with van der Waals surface area (Å²) in [4.78, 5) is 25.7. The molecule has 7 heteroatoms. The zero-order chi connectivity index (χ0) is 17.2.